The van der Waals surface area contributed by atoms with Gasteiger partial charge >= 0.3 is 0 Å². The molecule has 1 atom stereocenters. The zero-order chi connectivity index (χ0) is 14.0. The van der Waals surface area contributed by atoms with Gasteiger partial charge in [0.15, 0.2) is 5.15 Å². The van der Waals surface area contributed by atoms with E-state index < -0.39 is 0 Å². The summed E-state index contributed by atoms with van der Waals surface area (Å²) in [6.45, 7) is 3.93. The fourth-order valence-corrected chi connectivity index (χ4v) is 2.67. The van der Waals surface area contributed by atoms with Crippen LogP contribution in [0.2, 0.25) is 5.15 Å². The van der Waals surface area contributed by atoms with E-state index in [-0.39, 0.29) is 11.9 Å². The van der Waals surface area contributed by atoms with Crippen LogP contribution in [-0.4, -0.2) is 4.98 Å². The minimum Gasteiger partial charge on any atom is -0.376 e. The molecule has 2 aromatic rings. The molecule has 1 N–H and O–H groups in total. The van der Waals surface area contributed by atoms with Crippen molar-refractivity contribution < 1.29 is 4.39 Å². The van der Waals surface area contributed by atoms with E-state index in [4.69, 9.17) is 11.6 Å². The van der Waals surface area contributed by atoms with Crippen LogP contribution >= 0.6 is 27.5 Å². The van der Waals surface area contributed by atoms with Gasteiger partial charge in [-0.15, -0.1) is 0 Å². The number of halogens is 3. The molecule has 0 saturated heterocycles. The van der Waals surface area contributed by atoms with Gasteiger partial charge in [-0.05, 0) is 43.2 Å². The molecule has 1 aromatic heterocycles. The predicted molar refractivity (Wildman–Crippen MR) is 80.1 cm³/mol. The summed E-state index contributed by atoms with van der Waals surface area (Å²) in [4.78, 5) is 4.09. The van der Waals surface area contributed by atoms with Crippen LogP contribution in [-0.2, 0) is 0 Å². The first-order valence-electron chi connectivity index (χ1n) is 5.81. The van der Waals surface area contributed by atoms with Crippen molar-refractivity contribution in [2.75, 3.05) is 5.32 Å². The molecule has 0 fully saturated rings. The SMILES string of the molecule is Cc1cnc(Cl)c(NC(C)c2ccc(F)cc2Br)c1. The van der Waals surface area contributed by atoms with E-state index in [1.54, 1.807) is 12.3 Å². The highest BCUT2D eigenvalue weighted by atomic mass is 79.9. The Morgan fingerprint density at radius 3 is 2.79 bits per heavy atom. The Kier molecular flexibility index (Phi) is 4.42. The van der Waals surface area contributed by atoms with Crippen LogP contribution < -0.4 is 5.32 Å². The summed E-state index contributed by atoms with van der Waals surface area (Å²) in [5.74, 6) is -0.266. The molecule has 5 heteroatoms. The second-order valence-electron chi connectivity index (χ2n) is 4.38. The molecule has 0 spiro atoms. The molecule has 1 heterocycles. The number of pyridine rings is 1. The maximum atomic E-state index is 13.1. The lowest BCUT2D eigenvalue weighted by atomic mass is 10.1. The zero-order valence-electron chi connectivity index (χ0n) is 10.5. The van der Waals surface area contributed by atoms with Gasteiger partial charge in [-0.3, -0.25) is 0 Å². The summed E-state index contributed by atoms with van der Waals surface area (Å²) in [5, 5.41) is 3.71. The van der Waals surface area contributed by atoms with Crippen LogP contribution in [0.1, 0.15) is 24.1 Å². The highest BCUT2D eigenvalue weighted by molar-refractivity contribution is 9.10. The summed E-state index contributed by atoms with van der Waals surface area (Å²) in [6.07, 6.45) is 1.71. The number of aromatic nitrogens is 1. The van der Waals surface area contributed by atoms with Crippen LogP contribution in [0, 0.1) is 12.7 Å². The van der Waals surface area contributed by atoms with E-state index in [1.807, 2.05) is 19.9 Å². The van der Waals surface area contributed by atoms with Gasteiger partial charge < -0.3 is 5.32 Å². The monoisotopic (exact) mass is 342 g/mol. The van der Waals surface area contributed by atoms with Gasteiger partial charge in [-0.2, -0.15) is 0 Å². The van der Waals surface area contributed by atoms with E-state index in [0.29, 0.717) is 5.15 Å². The lowest BCUT2D eigenvalue weighted by molar-refractivity contribution is 0.625. The first kappa shape index (κ1) is 14.3. The van der Waals surface area contributed by atoms with Gasteiger partial charge in [0.05, 0.1) is 5.69 Å². The van der Waals surface area contributed by atoms with Gasteiger partial charge in [0.25, 0.3) is 0 Å². The second-order valence-corrected chi connectivity index (χ2v) is 5.60. The van der Waals surface area contributed by atoms with Gasteiger partial charge in [-0.1, -0.05) is 33.6 Å². The highest BCUT2D eigenvalue weighted by Crippen LogP contribution is 2.29. The Morgan fingerprint density at radius 1 is 1.37 bits per heavy atom. The Bertz CT molecular complexity index is 604. The third kappa shape index (κ3) is 3.45. The number of benzene rings is 1. The lowest BCUT2D eigenvalue weighted by Gasteiger charge is -2.18. The molecule has 1 unspecified atom stereocenters. The van der Waals surface area contributed by atoms with Crippen molar-refractivity contribution in [3.05, 3.63) is 57.0 Å². The first-order valence-corrected chi connectivity index (χ1v) is 6.98. The van der Waals surface area contributed by atoms with Gasteiger partial charge in [0, 0.05) is 16.7 Å². The highest BCUT2D eigenvalue weighted by Gasteiger charge is 2.12. The van der Waals surface area contributed by atoms with Crippen LogP contribution in [0.15, 0.2) is 34.9 Å². The molecule has 0 aliphatic heterocycles. The maximum Gasteiger partial charge on any atom is 0.152 e. The van der Waals surface area contributed by atoms with E-state index in [0.717, 1.165) is 21.3 Å². The van der Waals surface area contributed by atoms with Crippen molar-refractivity contribution in [1.82, 2.24) is 4.98 Å². The molecule has 19 heavy (non-hydrogen) atoms. The number of hydrogen-bond donors (Lipinski definition) is 1. The summed E-state index contributed by atoms with van der Waals surface area (Å²) in [7, 11) is 0. The second kappa shape index (κ2) is 5.88. The lowest BCUT2D eigenvalue weighted by Crippen LogP contribution is -2.08. The summed E-state index contributed by atoms with van der Waals surface area (Å²) < 4.78 is 13.8. The van der Waals surface area contributed by atoms with Crippen molar-refractivity contribution >= 4 is 33.2 Å². The minimum atomic E-state index is -0.266. The number of hydrogen-bond acceptors (Lipinski definition) is 2. The fourth-order valence-electron chi connectivity index (χ4n) is 1.82. The van der Waals surface area contributed by atoms with Crippen LogP contribution in [0.3, 0.4) is 0 Å². The first-order chi connectivity index (χ1) is 8.97. The Hall–Kier alpha value is -1.13. The molecule has 0 aliphatic carbocycles. The normalized spacial score (nSPS) is 12.3. The molecule has 2 rings (SSSR count). The molecular formula is C14H13BrClFN2. The van der Waals surface area contributed by atoms with E-state index in [2.05, 4.69) is 26.2 Å². The Morgan fingerprint density at radius 2 is 2.11 bits per heavy atom. The number of nitrogens with zero attached hydrogens (tertiary/aromatic N) is 1. The number of anilines is 1. The van der Waals surface area contributed by atoms with Crippen LogP contribution in [0.5, 0.6) is 0 Å². The fraction of sp³-hybridized carbons (Fsp3) is 0.214. The average molecular weight is 344 g/mol. The minimum absolute atomic E-state index is 0.0175. The van der Waals surface area contributed by atoms with Crippen LogP contribution in [0.4, 0.5) is 10.1 Å². The van der Waals surface area contributed by atoms with E-state index >= 15 is 0 Å². The Balaban J connectivity index is 2.25. The van der Waals surface area contributed by atoms with Crippen molar-refractivity contribution in [1.29, 1.82) is 0 Å². The number of aryl methyl sites for hydroxylation is 1. The molecule has 2 nitrogen and oxygen atoms in total. The third-order valence-electron chi connectivity index (χ3n) is 2.78. The molecule has 0 saturated carbocycles. The number of rotatable bonds is 3. The molecule has 0 aliphatic rings. The van der Waals surface area contributed by atoms with E-state index in [9.17, 15) is 4.39 Å². The van der Waals surface area contributed by atoms with Gasteiger partial charge in [0.2, 0.25) is 0 Å². The third-order valence-corrected chi connectivity index (χ3v) is 3.76. The van der Waals surface area contributed by atoms with Crippen molar-refractivity contribution in [2.45, 2.75) is 19.9 Å². The Labute approximate surface area is 125 Å². The summed E-state index contributed by atoms with van der Waals surface area (Å²) >= 11 is 9.41. The topological polar surface area (TPSA) is 24.9 Å². The smallest absolute Gasteiger partial charge is 0.152 e. The zero-order valence-corrected chi connectivity index (χ0v) is 12.9. The molecule has 100 valence electrons. The standard InChI is InChI=1S/C14H13BrClFN2/c1-8-5-13(14(16)18-7-8)19-9(2)11-4-3-10(17)6-12(11)15/h3-7,9,19H,1-2H3. The molecular weight excluding hydrogens is 331 g/mol. The predicted octanol–water partition coefficient (Wildman–Crippen LogP) is 5.12. The summed E-state index contributed by atoms with van der Waals surface area (Å²) in [6, 6.07) is 6.55. The van der Waals surface area contributed by atoms with E-state index in [1.165, 1.54) is 12.1 Å². The molecule has 1 aromatic carbocycles. The largest absolute Gasteiger partial charge is 0.376 e. The van der Waals surface area contributed by atoms with Crippen molar-refractivity contribution in [3.63, 3.8) is 0 Å². The molecule has 0 amide bonds. The maximum absolute atomic E-state index is 13.1. The van der Waals surface area contributed by atoms with Crippen molar-refractivity contribution in [2.24, 2.45) is 0 Å². The van der Waals surface area contributed by atoms with Gasteiger partial charge in [0.1, 0.15) is 5.82 Å². The molecule has 0 radical (unpaired) electrons. The molecule has 0 bridgehead atoms. The summed E-state index contributed by atoms with van der Waals surface area (Å²) in [5.41, 5.74) is 2.75. The van der Waals surface area contributed by atoms with Crippen LogP contribution in [0.25, 0.3) is 0 Å². The number of nitrogens with one attached hydrogen (secondary N) is 1. The van der Waals surface area contributed by atoms with Crippen molar-refractivity contribution in [3.8, 4) is 0 Å². The van der Waals surface area contributed by atoms with Gasteiger partial charge in [-0.25, -0.2) is 9.37 Å². The quantitative estimate of drug-likeness (QED) is 0.783. The average Bonchev–Trinajstić information content (AvgIpc) is 2.33.